The van der Waals surface area contributed by atoms with Crippen LogP contribution in [-0.4, -0.2) is 84.6 Å². The van der Waals surface area contributed by atoms with E-state index >= 15 is 9.18 Å². The summed E-state index contributed by atoms with van der Waals surface area (Å²) in [6.07, 6.45) is 6.19. The highest BCUT2D eigenvalue weighted by Gasteiger charge is 2.59. The zero-order valence-electron chi connectivity index (χ0n) is 38.4. The molecule has 1 saturated carbocycles. The van der Waals surface area contributed by atoms with E-state index in [1.165, 1.54) is 14.7 Å². The Morgan fingerprint density at radius 3 is 2.25 bits per heavy atom. The van der Waals surface area contributed by atoms with E-state index in [1.54, 1.807) is 81.6 Å². The summed E-state index contributed by atoms with van der Waals surface area (Å²) in [5.41, 5.74) is 5.29. The van der Waals surface area contributed by atoms with Gasteiger partial charge in [0.25, 0.3) is 5.91 Å². The number of rotatable bonds is 9. The molecule has 6 heterocycles. The van der Waals surface area contributed by atoms with Crippen LogP contribution in [0.15, 0.2) is 81.1 Å². The molecule has 356 valence electrons. The molecule has 0 spiro atoms. The molecule has 2 aliphatic heterocycles. The number of H-pyrrole nitrogens is 1. The summed E-state index contributed by atoms with van der Waals surface area (Å²) in [5, 5.41) is 14.0. The van der Waals surface area contributed by atoms with Gasteiger partial charge in [0, 0.05) is 73.1 Å². The lowest BCUT2D eigenvalue weighted by Crippen LogP contribution is -2.41. The lowest BCUT2D eigenvalue weighted by Gasteiger charge is -2.34. The van der Waals surface area contributed by atoms with Gasteiger partial charge >= 0.3 is 11.4 Å². The van der Waals surface area contributed by atoms with Gasteiger partial charge < -0.3 is 24.1 Å². The third kappa shape index (κ3) is 8.13. The van der Waals surface area contributed by atoms with Crippen LogP contribution in [0.25, 0.3) is 28.1 Å². The second-order valence-electron chi connectivity index (χ2n) is 18.1. The summed E-state index contributed by atoms with van der Waals surface area (Å²) in [6, 6.07) is 16.5. The van der Waals surface area contributed by atoms with E-state index in [4.69, 9.17) is 14.4 Å². The number of benzene rings is 3. The minimum absolute atomic E-state index is 0. The van der Waals surface area contributed by atoms with Gasteiger partial charge in [0.2, 0.25) is 0 Å². The molecule has 67 heavy (non-hydrogen) atoms. The number of carbonyl (C=O) groups is 1. The number of aromatic amines is 1. The van der Waals surface area contributed by atoms with Crippen molar-refractivity contribution in [2.24, 2.45) is 5.92 Å². The Morgan fingerprint density at radius 2 is 1.63 bits per heavy atom. The molecule has 2 fully saturated rings. The molecule has 3 aliphatic rings. The van der Waals surface area contributed by atoms with Gasteiger partial charge in [-0.25, -0.2) is 18.7 Å². The molecule has 3 atom stereocenters. The predicted molar refractivity (Wildman–Crippen MR) is 274 cm³/mol. The number of ether oxygens (including phenoxy) is 1. The molecule has 0 bridgehead atoms. The number of halogens is 1. The van der Waals surface area contributed by atoms with Crippen LogP contribution in [0.3, 0.4) is 0 Å². The fourth-order valence-electron chi connectivity index (χ4n) is 10.3. The Balaban J connectivity index is 0.00000222. The van der Waals surface area contributed by atoms with Crippen molar-refractivity contribution in [3.63, 3.8) is 0 Å². The van der Waals surface area contributed by atoms with Gasteiger partial charge in [0.15, 0.2) is 5.82 Å². The van der Waals surface area contributed by atoms with Crippen LogP contribution in [0.1, 0.15) is 89.3 Å². The van der Waals surface area contributed by atoms with E-state index in [9.17, 15) is 14.2 Å². The van der Waals surface area contributed by atoms with Crippen molar-refractivity contribution in [2.75, 3.05) is 45.5 Å². The fraction of sp³-hybridized carbons (Fsp3) is 0.383. The second kappa shape index (κ2) is 18.4. The maximum Gasteiger partial charge on any atom is 0.438 e. The van der Waals surface area contributed by atoms with Gasteiger partial charge in [-0.1, -0.05) is 18.1 Å². The topological polar surface area (TPSA) is 167 Å². The van der Waals surface area contributed by atoms with Crippen LogP contribution in [0.4, 0.5) is 10.1 Å². The quantitative estimate of drug-likeness (QED) is 0.142. The Labute approximate surface area is 407 Å². The van der Waals surface area contributed by atoms with Crippen LogP contribution in [0, 0.1) is 25.6 Å². The van der Waals surface area contributed by atoms with Crippen LogP contribution in [-0.2, 0) is 21.3 Å². The summed E-state index contributed by atoms with van der Waals surface area (Å²) >= 11 is 0. The lowest BCUT2D eigenvalue weighted by atomic mass is 9.91. The molecule has 0 unspecified atom stereocenters. The van der Waals surface area contributed by atoms with E-state index in [1.807, 2.05) is 22.5 Å². The molecule has 0 radical (unpaired) electrons. The van der Waals surface area contributed by atoms with Crippen molar-refractivity contribution in [1.82, 2.24) is 38.5 Å². The Hall–Kier alpha value is -5.20. The zero-order valence-corrected chi connectivity index (χ0v) is 42.3. The number of nitrogens with one attached hydrogen (secondary N) is 2. The molecule has 20 heteroatoms. The standard InChI is InChI=1S/C47H51FN9O6P.3H2S/c1-26-20-34(21-27(2)41(26)48)57-42(55-17-16-54(46(55)60)33-9-11-39(64(6,7)61)36(24-33)49-5)40-29(4)53(15-12-35(40)51-57)43(58)38-23-32-22-31(30-13-18-62-19-14-30)8-10-37(32)56(38)47(25-28(47)3)44-50-45(59)63-52-44;;;/h8-11,16-17,20-24,28-30,49H,12-15,18-19,25H2,1-7H3,(H,50,52,59);3*1H2/t28-,29-,47-;;;/m0.../s1. The van der Waals surface area contributed by atoms with Crippen LogP contribution < -0.4 is 22.1 Å². The Bertz CT molecular complexity index is 3190. The van der Waals surface area contributed by atoms with E-state index in [0.29, 0.717) is 101 Å². The molecule has 2 N–H and O–H groups in total. The van der Waals surface area contributed by atoms with Crippen LogP contribution in [0.2, 0.25) is 0 Å². The number of carbonyl (C=O) groups excluding carboxylic acids is 1. The lowest BCUT2D eigenvalue weighted by molar-refractivity contribution is 0.0663. The van der Waals surface area contributed by atoms with E-state index in [0.717, 1.165) is 23.7 Å². The largest absolute Gasteiger partial charge is 0.438 e. The van der Waals surface area contributed by atoms with Crippen LogP contribution >= 0.6 is 47.6 Å². The van der Waals surface area contributed by atoms with E-state index in [2.05, 4.69) is 40.6 Å². The molecule has 15 nitrogen and oxygen atoms in total. The SMILES string of the molecule is CNc1cc(-n2ccn(-c3c4c(nn3-c3cc(C)c(F)c(C)c3)CCN(C(=O)c3cc5cc(C6CCOCC6)ccc5n3[C@@]3(c5noc(=O)[nH]5)C[C@@H]3C)[C@H]4C)c2=O)ccc1P(C)(C)=O.S.S.S. The van der Waals surface area contributed by atoms with Crippen molar-refractivity contribution < 1.29 is 23.0 Å². The monoisotopic (exact) mass is 989 g/mol. The summed E-state index contributed by atoms with van der Waals surface area (Å²) < 4.78 is 45.7. The molecule has 1 amide bonds. The van der Waals surface area contributed by atoms with E-state index in [-0.39, 0.29) is 58.1 Å². The number of hydrogen-bond acceptors (Lipinski definition) is 9. The fourth-order valence-corrected chi connectivity index (χ4v) is 11.5. The maximum atomic E-state index is 15.5. The number of fused-ring (bicyclic) bond motifs is 2. The highest BCUT2D eigenvalue weighted by molar-refractivity contribution is 7.70. The first-order valence-corrected chi connectivity index (χ1v) is 24.4. The van der Waals surface area contributed by atoms with Gasteiger partial charge in [0.05, 0.1) is 23.1 Å². The van der Waals surface area contributed by atoms with Gasteiger partial charge in [-0.2, -0.15) is 45.6 Å². The number of aromatic nitrogens is 7. The van der Waals surface area contributed by atoms with E-state index < -0.39 is 30.2 Å². The highest BCUT2D eigenvalue weighted by atomic mass is 32.1. The van der Waals surface area contributed by atoms with Crippen molar-refractivity contribution in [2.45, 2.75) is 70.9 Å². The van der Waals surface area contributed by atoms with Crippen molar-refractivity contribution in [3.05, 3.63) is 133 Å². The molecule has 10 rings (SSSR count). The average molecular weight is 990 g/mol. The van der Waals surface area contributed by atoms with Crippen molar-refractivity contribution in [3.8, 4) is 17.2 Å². The van der Waals surface area contributed by atoms with Gasteiger partial charge in [-0.05, 0) is 130 Å². The van der Waals surface area contributed by atoms with Gasteiger partial charge in [-0.15, -0.1) is 0 Å². The third-order valence-electron chi connectivity index (χ3n) is 13.7. The molecule has 1 aliphatic carbocycles. The predicted octanol–water partition coefficient (Wildman–Crippen LogP) is 7.27. The highest BCUT2D eigenvalue weighted by Crippen LogP contribution is 2.56. The molecule has 1 saturated heterocycles. The Kier molecular flexibility index (Phi) is 13.6. The average Bonchev–Trinajstić information content (AvgIpc) is 3.77. The molecule has 4 aromatic heterocycles. The van der Waals surface area contributed by atoms with Gasteiger partial charge in [0.1, 0.15) is 30.0 Å². The summed E-state index contributed by atoms with van der Waals surface area (Å²) in [5.74, 6) is -0.0631. The molecule has 3 aromatic carbocycles. The molecular weight excluding hydrogens is 933 g/mol. The first-order chi connectivity index (χ1) is 30.6. The summed E-state index contributed by atoms with van der Waals surface area (Å²) in [6.45, 7) is 12.6. The number of amides is 1. The number of aryl methyl sites for hydroxylation is 2. The minimum atomic E-state index is -2.64. The molecular formula is C47H57FN9O6PS3. The smallest absolute Gasteiger partial charge is 0.387 e. The number of nitrogens with zero attached hydrogens (tertiary/aromatic N) is 7. The Morgan fingerprint density at radius 1 is 0.940 bits per heavy atom. The minimum Gasteiger partial charge on any atom is -0.387 e. The zero-order chi connectivity index (χ0) is 45.0. The van der Waals surface area contributed by atoms with Crippen LogP contribution in [0.5, 0.6) is 0 Å². The number of anilines is 1. The number of hydrogen-bond donors (Lipinski definition) is 2. The van der Waals surface area contributed by atoms with Crippen molar-refractivity contribution >= 4 is 75.4 Å². The number of imidazole rings is 1. The first-order valence-electron chi connectivity index (χ1n) is 21.8. The molecule has 7 aromatic rings. The first kappa shape index (κ1) is 49.7. The van der Waals surface area contributed by atoms with Crippen molar-refractivity contribution in [1.29, 1.82) is 0 Å². The second-order valence-corrected chi connectivity index (χ2v) is 21.3. The maximum absolute atomic E-state index is 15.5. The van der Waals surface area contributed by atoms with Gasteiger partial charge in [-0.3, -0.25) is 23.4 Å². The summed E-state index contributed by atoms with van der Waals surface area (Å²) in [4.78, 5) is 47.3. The normalized spacial score (nSPS) is 19.3. The third-order valence-corrected chi connectivity index (χ3v) is 15.3. The summed E-state index contributed by atoms with van der Waals surface area (Å²) in [7, 11) is -0.884.